The molecule has 0 saturated heterocycles. The van der Waals surface area contributed by atoms with Gasteiger partial charge in [0.15, 0.2) is 5.96 Å². The quantitative estimate of drug-likeness (QED) is 0.527. The van der Waals surface area contributed by atoms with Gasteiger partial charge in [-0.15, -0.1) is 0 Å². The molecule has 2 saturated carbocycles. The minimum absolute atomic E-state index is 0.532. The summed E-state index contributed by atoms with van der Waals surface area (Å²) < 4.78 is 12.8. The van der Waals surface area contributed by atoms with E-state index in [1.54, 1.807) is 18.1 Å². The van der Waals surface area contributed by atoms with Crippen LogP contribution in [0.4, 0.5) is 0 Å². The van der Waals surface area contributed by atoms with Crippen LogP contribution in [0.5, 0.6) is 5.88 Å². The first-order valence-corrected chi connectivity index (χ1v) is 10.8. The maximum Gasteiger partial charge on any atom is 0.216 e. The number of ether oxygens (including phenoxy) is 1. The van der Waals surface area contributed by atoms with Gasteiger partial charge < -0.3 is 19.8 Å². The first-order chi connectivity index (χ1) is 14.2. The zero-order valence-corrected chi connectivity index (χ0v) is 17.8. The summed E-state index contributed by atoms with van der Waals surface area (Å²) in [7, 11) is 3.61. The molecule has 2 fully saturated rings. The lowest BCUT2D eigenvalue weighted by molar-refractivity contribution is 0.369. The molecule has 7 heteroatoms. The number of rotatable bonds is 8. The number of aliphatic imine (C=N–C) groups is 1. The van der Waals surface area contributed by atoms with Crippen molar-refractivity contribution in [1.29, 1.82) is 0 Å². The molecule has 2 heterocycles. The number of methoxy groups -OCH3 is 1. The summed E-state index contributed by atoms with van der Waals surface area (Å²) in [6.45, 7) is 3.45. The third-order valence-electron chi connectivity index (χ3n) is 6.40. The number of hydrogen-bond acceptors (Lipinski definition) is 4. The molecule has 2 aromatic heterocycles. The Labute approximate surface area is 172 Å². The number of nitrogens with one attached hydrogen (secondary N) is 2. The topological polar surface area (TPSA) is 76.6 Å². The molecular weight excluding hydrogens is 366 g/mol. The van der Waals surface area contributed by atoms with E-state index < -0.39 is 0 Å². The Morgan fingerprint density at radius 3 is 2.93 bits per heavy atom. The average molecular weight is 400 g/mol. The van der Waals surface area contributed by atoms with Gasteiger partial charge in [0.1, 0.15) is 5.76 Å². The third kappa shape index (κ3) is 4.43. The molecule has 2 bridgehead atoms. The average Bonchev–Trinajstić information content (AvgIpc) is 3.50. The summed E-state index contributed by atoms with van der Waals surface area (Å²) in [6.07, 6.45) is 8.79. The Hall–Kier alpha value is -2.44. The lowest BCUT2D eigenvalue weighted by Gasteiger charge is -2.25. The van der Waals surface area contributed by atoms with E-state index in [9.17, 15) is 0 Å². The maximum absolute atomic E-state index is 5.57. The van der Waals surface area contributed by atoms with Crippen molar-refractivity contribution in [3.05, 3.63) is 35.4 Å². The number of fused-ring (bicyclic) bond motifs is 2. The van der Waals surface area contributed by atoms with Crippen LogP contribution >= 0.6 is 0 Å². The number of aromatic nitrogens is 2. The van der Waals surface area contributed by atoms with Crippen molar-refractivity contribution < 1.29 is 9.15 Å². The van der Waals surface area contributed by atoms with Gasteiger partial charge in [-0.25, -0.2) is 9.67 Å². The number of hydrogen-bond donors (Lipinski definition) is 2. The third-order valence-corrected chi connectivity index (χ3v) is 6.40. The summed E-state index contributed by atoms with van der Waals surface area (Å²) >= 11 is 0. The van der Waals surface area contributed by atoms with Gasteiger partial charge in [-0.2, -0.15) is 5.10 Å². The lowest BCUT2D eigenvalue weighted by atomic mass is 9.95. The molecule has 2 N–H and O–H groups in total. The van der Waals surface area contributed by atoms with Crippen LogP contribution < -0.4 is 15.4 Å². The molecule has 2 aliphatic rings. The van der Waals surface area contributed by atoms with Gasteiger partial charge >= 0.3 is 0 Å². The van der Waals surface area contributed by atoms with Crippen LogP contribution in [0.3, 0.4) is 0 Å². The van der Waals surface area contributed by atoms with Crippen LogP contribution in [0.25, 0.3) is 0 Å². The molecule has 2 aromatic rings. The molecule has 0 aliphatic heterocycles. The van der Waals surface area contributed by atoms with Crippen LogP contribution in [-0.2, 0) is 26.4 Å². The summed E-state index contributed by atoms with van der Waals surface area (Å²) in [5, 5.41) is 11.8. The minimum atomic E-state index is 0.532. The lowest BCUT2D eigenvalue weighted by Crippen LogP contribution is -2.46. The molecule has 158 valence electrons. The second kappa shape index (κ2) is 8.93. The molecule has 0 radical (unpaired) electrons. The van der Waals surface area contributed by atoms with Crippen molar-refractivity contribution in [2.75, 3.05) is 13.7 Å². The van der Waals surface area contributed by atoms with Crippen molar-refractivity contribution in [2.24, 2.45) is 23.9 Å². The summed E-state index contributed by atoms with van der Waals surface area (Å²) in [4.78, 5) is 4.92. The number of guanidine groups is 1. The fourth-order valence-electron chi connectivity index (χ4n) is 4.97. The monoisotopic (exact) mass is 399 g/mol. The van der Waals surface area contributed by atoms with Crippen molar-refractivity contribution in [3.63, 3.8) is 0 Å². The van der Waals surface area contributed by atoms with Gasteiger partial charge in [-0.05, 0) is 49.7 Å². The number of nitrogens with zero attached hydrogens (tertiary/aromatic N) is 3. The van der Waals surface area contributed by atoms with E-state index in [2.05, 4.69) is 22.7 Å². The van der Waals surface area contributed by atoms with E-state index >= 15 is 0 Å². The van der Waals surface area contributed by atoms with E-state index in [-0.39, 0.29) is 0 Å². The Balaban J connectivity index is 1.46. The van der Waals surface area contributed by atoms with Gasteiger partial charge in [0.05, 0.1) is 31.2 Å². The fraction of sp³-hybridized carbons (Fsp3) is 0.636. The SMILES string of the molecule is CCc1nn(C)c(OC)c1CN=C(NCCc1ccco1)NC1CC2CCC1C2. The molecule has 0 amide bonds. The van der Waals surface area contributed by atoms with Crippen molar-refractivity contribution in [2.45, 2.75) is 58.0 Å². The van der Waals surface area contributed by atoms with Crippen LogP contribution in [0.2, 0.25) is 0 Å². The zero-order chi connectivity index (χ0) is 20.2. The Morgan fingerprint density at radius 1 is 1.38 bits per heavy atom. The molecule has 3 atom stereocenters. The first-order valence-electron chi connectivity index (χ1n) is 10.8. The van der Waals surface area contributed by atoms with Crippen molar-refractivity contribution in [3.8, 4) is 5.88 Å². The first kappa shape index (κ1) is 19.9. The zero-order valence-electron chi connectivity index (χ0n) is 17.8. The summed E-state index contributed by atoms with van der Waals surface area (Å²) in [5.74, 6) is 4.34. The smallest absolute Gasteiger partial charge is 0.216 e. The van der Waals surface area contributed by atoms with Crippen LogP contribution in [0.1, 0.15) is 49.6 Å². The molecule has 7 nitrogen and oxygen atoms in total. The van der Waals surface area contributed by atoms with Crippen molar-refractivity contribution in [1.82, 2.24) is 20.4 Å². The molecule has 0 aromatic carbocycles. The van der Waals surface area contributed by atoms with E-state index in [4.69, 9.17) is 14.1 Å². The maximum atomic E-state index is 5.57. The molecular formula is C22H33N5O2. The van der Waals surface area contributed by atoms with Crippen LogP contribution in [-0.4, -0.2) is 35.4 Å². The van der Waals surface area contributed by atoms with Gasteiger partial charge in [-0.3, -0.25) is 0 Å². The van der Waals surface area contributed by atoms with Gasteiger partial charge in [0.2, 0.25) is 5.88 Å². The molecule has 4 rings (SSSR count). The highest BCUT2D eigenvalue weighted by Gasteiger charge is 2.39. The van der Waals surface area contributed by atoms with Crippen LogP contribution in [0.15, 0.2) is 27.8 Å². The normalized spacial score (nSPS) is 23.6. The highest BCUT2D eigenvalue weighted by atomic mass is 16.5. The van der Waals surface area contributed by atoms with Gasteiger partial charge in [0, 0.05) is 26.1 Å². The fourth-order valence-corrected chi connectivity index (χ4v) is 4.97. The highest BCUT2D eigenvalue weighted by molar-refractivity contribution is 5.80. The summed E-state index contributed by atoms with van der Waals surface area (Å²) in [5.41, 5.74) is 2.11. The standard InChI is InChI=1S/C22H33N5O2/c1-4-19-18(21(28-3)27(2)26-19)14-24-22(23-10-9-17-6-5-11-29-17)25-20-13-15-7-8-16(20)12-15/h5-6,11,15-16,20H,4,7-10,12-14H2,1-3H3,(H2,23,24,25). The van der Waals surface area contributed by atoms with Gasteiger partial charge in [-0.1, -0.05) is 13.3 Å². The van der Waals surface area contributed by atoms with Gasteiger partial charge in [0.25, 0.3) is 0 Å². The molecule has 0 spiro atoms. The Kier molecular flexibility index (Phi) is 6.11. The predicted octanol–water partition coefficient (Wildman–Crippen LogP) is 3.05. The summed E-state index contributed by atoms with van der Waals surface area (Å²) in [6, 6.07) is 4.47. The predicted molar refractivity (Wildman–Crippen MR) is 113 cm³/mol. The van der Waals surface area contributed by atoms with E-state index in [0.29, 0.717) is 12.6 Å². The number of aryl methyl sites for hydroxylation is 2. The Morgan fingerprint density at radius 2 is 2.28 bits per heavy atom. The van der Waals surface area contributed by atoms with Crippen LogP contribution in [0, 0.1) is 11.8 Å². The second-order valence-corrected chi connectivity index (χ2v) is 8.26. The Bertz CT molecular complexity index is 827. The van der Waals surface area contributed by atoms with Crippen molar-refractivity contribution >= 4 is 5.96 Å². The van der Waals surface area contributed by atoms with E-state index in [1.165, 1.54) is 25.7 Å². The molecule has 29 heavy (non-hydrogen) atoms. The minimum Gasteiger partial charge on any atom is -0.481 e. The van der Waals surface area contributed by atoms with E-state index in [1.807, 2.05) is 19.2 Å². The number of furan rings is 1. The highest BCUT2D eigenvalue weighted by Crippen LogP contribution is 2.44. The van der Waals surface area contributed by atoms with E-state index in [0.717, 1.165) is 60.1 Å². The molecule has 3 unspecified atom stereocenters. The largest absolute Gasteiger partial charge is 0.481 e. The second-order valence-electron chi connectivity index (χ2n) is 8.26. The molecule has 2 aliphatic carbocycles.